The Morgan fingerprint density at radius 1 is 1.50 bits per heavy atom. The first kappa shape index (κ1) is 13.0. The summed E-state index contributed by atoms with van der Waals surface area (Å²) < 4.78 is 13.7. The van der Waals surface area contributed by atoms with E-state index in [0.29, 0.717) is 24.6 Å². The van der Waals surface area contributed by atoms with E-state index in [9.17, 15) is 9.18 Å². The molecule has 1 fully saturated rings. The number of carbonyl (C=O) groups excluding carboxylic acids is 1. The Bertz CT molecular complexity index is 432. The lowest BCUT2D eigenvalue weighted by Gasteiger charge is -2.23. The number of rotatable bonds is 5. The quantitative estimate of drug-likeness (QED) is 0.871. The van der Waals surface area contributed by atoms with E-state index in [0.717, 1.165) is 12.8 Å². The van der Waals surface area contributed by atoms with Crippen molar-refractivity contribution in [1.29, 1.82) is 0 Å². The van der Waals surface area contributed by atoms with Gasteiger partial charge in [-0.3, -0.25) is 4.79 Å². The van der Waals surface area contributed by atoms with Crippen LogP contribution < -0.4 is 10.6 Å². The first-order chi connectivity index (χ1) is 8.63. The van der Waals surface area contributed by atoms with E-state index in [4.69, 9.17) is 5.73 Å². The van der Waals surface area contributed by atoms with Crippen LogP contribution >= 0.6 is 0 Å². The van der Waals surface area contributed by atoms with Gasteiger partial charge in [0.1, 0.15) is 5.82 Å². The Hall–Kier alpha value is -1.42. The Labute approximate surface area is 107 Å². The first-order valence-electron chi connectivity index (χ1n) is 6.44. The van der Waals surface area contributed by atoms with Crippen LogP contribution in [-0.4, -0.2) is 18.5 Å². The maximum absolute atomic E-state index is 13.7. The summed E-state index contributed by atoms with van der Waals surface area (Å²) in [4.78, 5) is 13.6. The maximum Gasteiger partial charge on any atom is 0.228 e. The molecule has 1 amide bonds. The fourth-order valence-electron chi connectivity index (χ4n) is 2.15. The topological polar surface area (TPSA) is 46.3 Å². The standard InChI is InChI=1S/C14H19FN2O/c1-2-17(13-6-4-3-5-11(13)15)14(18)9-12(16)10-7-8-10/h3-6,10,12H,2,7-9,16H2,1H3. The summed E-state index contributed by atoms with van der Waals surface area (Å²) >= 11 is 0. The number of halogens is 1. The number of benzene rings is 1. The van der Waals surface area contributed by atoms with Crippen molar-refractivity contribution in [3.05, 3.63) is 30.1 Å². The van der Waals surface area contributed by atoms with Crippen LogP contribution in [0.5, 0.6) is 0 Å². The Balaban J connectivity index is 2.08. The second kappa shape index (κ2) is 5.48. The van der Waals surface area contributed by atoms with Gasteiger partial charge in [-0.25, -0.2) is 4.39 Å². The van der Waals surface area contributed by atoms with Crippen molar-refractivity contribution in [3.63, 3.8) is 0 Å². The number of nitrogens with zero attached hydrogens (tertiary/aromatic N) is 1. The van der Waals surface area contributed by atoms with Crippen LogP contribution in [0.3, 0.4) is 0 Å². The highest BCUT2D eigenvalue weighted by Crippen LogP contribution is 2.33. The van der Waals surface area contributed by atoms with Gasteiger partial charge in [-0.2, -0.15) is 0 Å². The van der Waals surface area contributed by atoms with Gasteiger partial charge >= 0.3 is 0 Å². The van der Waals surface area contributed by atoms with Crippen molar-refractivity contribution in [2.75, 3.05) is 11.4 Å². The molecular formula is C14H19FN2O. The van der Waals surface area contributed by atoms with E-state index >= 15 is 0 Å². The minimum absolute atomic E-state index is 0.0849. The third-order valence-corrected chi connectivity index (χ3v) is 3.40. The van der Waals surface area contributed by atoms with Gasteiger partial charge in [-0.1, -0.05) is 12.1 Å². The molecule has 1 aliphatic carbocycles. The molecule has 2 rings (SSSR count). The summed E-state index contributed by atoms with van der Waals surface area (Å²) in [5.41, 5.74) is 6.29. The fraction of sp³-hybridized carbons (Fsp3) is 0.500. The highest BCUT2D eigenvalue weighted by atomic mass is 19.1. The summed E-state index contributed by atoms with van der Waals surface area (Å²) in [6, 6.07) is 6.26. The van der Waals surface area contributed by atoms with Crippen molar-refractivity contribution in [1.82, 2.24) is 0 Å². The van der Waals surface area contributed by atoms with E-state index in [-0.39, 0.29) is 17.8 Å². The predicted molar refractivity (Wildman–Crippen MR) is 69.7 cm³/mol. The van der Waals surface area contributed by atoms with E-state index in [1.165, 1.54) is 11.0 Å². The highest BCUT2D eigenvalue weighted by molar-refractivity contribution is 5.93. The molecule has 2 N–H and O–H groups in total. The molecule has 1 unspecified atom stereocenters. The van der Waals surface area contributed by atoms with E-state index in [1.807, 2.05) is 6.92 Å². The van der Waals surface area contributed by atoms with Crippen molar-refractivity contribution >= 4 is 11.6 Å². The number of amides is 1. The lowest BCUT2D eigenvalue weighted by atomic mass is 10.1. The Morgan fingerprint density at radius 3 is 2.72 bits per heavy atom. The Morgan fingerprint density at radius 2 is 2.17 bits per heavy atom. The van der Waals surface area contributed by atoms with E-state index in [1.54, 1.807) is 18.2 Å². The summed E-state index contributed by atoms with van der Waals surface area (Å²) in [6.07, 6.45) is 2.52. The van der Waals surface area contributed by atoms with Crippen molar-refractivity contribution in [2.24, 2.45) is 11.7 Å². The van der Waals surface area contributed by atoms with Gasteiger partial charge in [0.25, 0.3) is 0 Å². The van der Waals surface area contributed by atoms with Crippen LogP contribution in [0.2, 0.25) is 0 Å². The monoisotopic (exact) mass is 250 g/mol. The average Bonchev–Trinajstić information content (AvgIpc) is 3.16. The fourth-order valence-corrected chi connectivity index (χ4v) is 2.15. The number of para-hydroxylation sites is 1. The highest BCUT2D eigenvalue weighted by Gasteiger charge is 2.31. The summed E-state index contributed by atoms with van der Waals surface area (Å²) in [6.45, 7) is 2.30. The molecule has 0 spiro atoms. The number of hydrogen-bond donors (Lipinski definition) is 1. The van der Waals surface area contributed by atoms with Crippen LogP contribution in [0, 0.1) is 11.7 Å². The molecule has 98 valence electrons. The molecular weight excluding hydrogens is 231 g/mol. The molecule has 1 atom stereocenters. The molecule has 0 aliphatic heterocycles. The van der Waals surface area contributed by atoms with Gasteiger partial charge in [0.15, 0.2) is 0 Å². The third kappa shape index (κ3) is 2.88. The molecule has 0 radical (unpaired) electrons. The maximum atomic E-state index is 13.7. The van der Waals surface area contributed by atoms with Gasteiger partial charge in [0, 0.05) is 19.0 Å². The number of anilines is 1. The smallest absolute Gasteiger partial charge is 0.228 e. The van der Waals surface area contributed by atoms with Crippen LogP contribution in [0.1, 0.15) is 26.2 Å². The van der Waals surface area contributed by atoms with Gasteiger partial charge < -0.3 is 10.6 Å². The largest absolute Gasteiger partial charge is 0.327 e. The minimum atomic E-state index is -0.368. The van der Waals surface area contributed by atoms with Gasteiger partial charge in [0.2, 0.25) is 5.91 Å². The predicted octanol–water partition coefficient (Wildman–Crippen LogP) is 2.31. The van der Waals surface area contributed by atoms with Crippen molar-refractivity contribution < 1.29 is 9.18 Å². The zero-order chi connectivity index (χ0) is 13.1. The molecule has 1 aliphatic rings. The third-order valence-electron chi connectivity index (χ3n) is 3.40. The van der Waals surface area contributed by atoms with Crippen LogP contribution in [0.25, 0.3) is 0 Å². The van der Waals surface area contributed by atoms with Gasteiger partial charge in [-0.15, -0.1) is 0 Å². The van der Waals surface area contributed by atoms with E-state index in [2.05, 4.69) is 0 Å². The van der Waals surface area contributed by atoms with Crippen LogP contribution in [0.15, 0.2) is 24.3 Å². The number of carbonyl (C=O) groups is 1. The van der Waals surface area contributed by atoms with E-state index < -0.39 is 0 Å². The van der Waals surface area contributed by atoms with Crippen molar-refractivity contribution in [3.8, 4) is 0 Å². The zero-order valence-corrected chi connectivity index (χ0v) is 10.6. The summed E-state index contributed by atoms with van der Waals surface area (Å²) in [7, 11) is 0. The molecule has 0 saturated heterocycles. The molecule has 1 aromatic rings. The summed E-state index contributed by atoms with van der Waals surface area (Å²) in [5.74, 6) is 0.0166. The lowest BCUT2D eigenvalue weighted by Crippen LogP contribution is -2.37. The SMILES string of the molecule is CCN(C(=O)CC(N)C1CC1)c1ccccc1F. The molecule has 0 bridgehead atoms. The molecule has 3 nitrogen and oxygen atoms in total. The molecule has 0 heterocycles. The van der Waals surface area contributed by atoms with Crippen LogP contribution in [0.4, 0.5) is 10.1 Å². The molecule has 18 heavy (non-hydrogen) atoms. The lowest BCUT2D eigenvalue weighted by molar-refractivity contribution is -0.119. The molecule has 1 aromatic carbocycles. The average molecular weight is 250 g/mol. The molecule has 0 aromatic heterocycles. The molecule has 4 heteroatoms. The normalized spacial score (nSPS) is 16.4. The zero-order valence-electron chi connectivity index (χ0n) is 10.6. The Kier molecular flexibility index (Phi) is 3.97. The van der Waals surface area contributed by atoms with Crippen molar-refractivity contribution in [2.45, 2.75) is 32.2 Å². The first-order valence-corrected chi connectivity index (χ1v) is 6.44. The minimum Gasteiger partial charge on any atom is -0.327 e. The second-order valence-corrected chi connectivity index (χ2v) is 4.79. The van der Waals surface area contributed by atoms with Crippen LogP contribution in [-0.2, 0) is 4.79 Å². The van der Waals surface area contributed by atoms with Gasteiger partial charge in [0.05, 0.1) is 5.69 Å². The number of nitrogens with two attached hydrogens (primary N) is 1. The summed E-state index contributed by atoms with van der Waals surface area (Å²) in [5, 5.41) is 0. The number of hydrogen-bond acceptors (Lipinski definition) is 2. The second-order valence-electron chi connectivity index (χ2n) is 4.79. The molecule has 1 saturated carbocycles. The van der Waals surface area contributed by atoms with Gasteiger partial charge in [-0.05, 0) is 37.8 Å².